The minimum absolute atomic E-state index is 0.122. The Balaban J connectivity index is 1.85. The summed E-state index contributed by atoms with van der Waals surface area (Å²) in [5, 5.41) is 23.4. The molecule has 3 nitrogen and oxygen atoms in total. The summed E-state index contributed by atoms with van der Waals surface area (Å²) in [6.07, 6.45) is 2.01. The van der Waals surface area contributed by atoms with Crippen LogP contribution in [-0.2, 0) is 0 Å². The molecular weight excluding hydrogens is 166 g/mol. The van der Waals surface area contributed by atoms with Crippen LogP contribution in [-0.4, -0.2) is 34.5 Å². The van der Waals surface area contributed by atoms with Gasteiger partial charge < -0.3 is 15.5 Å². The molecule has 0 aromatic carbocycles. The zero-order valence-electron chi connectivity index (χ0n) is 7.43. The van der Waals surface area contributed by atoms with Gasteiger partial charge in [-0.2, -0.15) is 0 Å². The Morgan fingerprint density at radius 2 is 1.77 bits per heavy atom. The molecule has 72 valence electrons. The smallest absolute Gasteiger partial charge is 0.0727 e. The molecule has 0 aromatic rings. The van der Waals surface area contributed by atoms with E-state index in [4.69, 9.17) is 0 Å². The second kappa shape index (κ2) is 1.95. The summed E-state index contributed by atoms with van der Waals surface area (Å²) in [5.41, 5.74) is 0. The topological polar surface area (TPSA) is 52.5 Å². The largest absolute Gasteiger partial charge is 0.391 e. The minimum Gasteiger partial charge on any atom is -0.391 e. The van der Waals surface area contributed by atoms with E-state index < -0.39 is 0 Å². The molecule has 1 aliphatic heterocycles. The van der Waals surface area contributed by atoms with E-state index in [1.165, 1.54) is 0 Å². The van der Waals surface area contributed by atoms with Gasteiger partial charge in [0.2, 0.25) is 0 Å². The molecule has 0 spiro atoms. The average Bonchev–Trinajstić information content (AvgIpc) is 2.60. The number of piperidine rings is 1. The quantitative estimate of drug-likeness (QED) is 0.465. The van der Waals surface area contributed by atoms with Gasteiger partial charge in [-0.05, 0) is 36.5 Å². The van der Waals surface area contributed by atoms with E-state index in [0.29, 0.717) is 29.7 Å². The fourth-order valence-electron chi connectivity index (χ4n) is 4.72. The van der Waals surface area contributed by atoms with Crippen molar-refractivity contribution >= 4 is 0 Å². The van der Waals surface area contributed by atoms with Crippen LogP contribution < -0.4 is 5.32 Å². The van der Waals surface area contributed by atoms with Crippen molar-refractivity contribution in [2.45, 2.75) is 37.1 Å². The third-order valence-corrected chi connectivity index (χ3v) is 5.09. The van der Waals surface area contributed by atoms with Crippen molar-refractivity contribution in [2.24, 2.45) is 23.7 Å². The Morgan fingerprint density at radius 3 is 2.62 bits per heavy atom. The summed E-state index contributed by atoms with van der Waals surface area (Å²) in [7, 11) is 0. The molecule has 4 aliphatic rings. The number of hydrogen-bond donors (Lipinski definition) is 3. The summed E-state index contributed by atoms with van der Waals surface area (Å²) < 4.78 is 0. The molecular formula is C10H15NO2. The zero-order chi connectivity index (χ0) is 8.74. The molecule has 4 bridgehead atoms. The lowest BCUT2D eigenvalue weighted by molar-refractivity contribution is -0.0276. The lowest BCUT2D eigenvalue weighted by Gasteiger charge is -2.41. The average molecular weight is 181 g/mol. The molecule has 4 rings (SSSR count). The van der Waals surface area contributed by atoms with Gasteiger partial charge in [0.15, 0.2) is 0 Å². The van der Waals surface area contributed by atoms with Crippen LogP contribution in [0.2, 0.25) is 0 Å². The Morgan fingerprint density at radius 1 is 0.923 bits per heavy atom. The van der Waals surface area contributed by atoms with Crippen LogP contribution in [0.3, 0.4) is 0 Å². The van der Waals surface area contributed by atoms with Gasteiger partial charge in [-0.3, -0.25) is 0 Å². The second-order valence-electron chi connectivity index (χ2n) is 5.32. The predicted molar refractivity (Wildman–Crippen MR) is 45.9 cm³/mol. The fourth-order valence-corrected chi connectivity index (χ4v) is 4.72. The van der Waals surface area contributed by atoms with Gasteiger partial charge in [-0.1, -0.05) is 0 Å². The van der Waals surface area contributed by atoms with Crippen molar-refractivity contribution in [1.82, 2.24) is 5.32 Å². The SMILES string of the molecule is O[C@H]1[C@@H]2C[C@@H]3[C@@H]1N[C@@H]1C[C@@H]2[C@@H]3[C@@H]1O. The van der Waals surface area contributed by atoms with Gasteiger partial charge in [0.25, 0.3) is 0 Å². The van der Waals surface area contributed by atoms with E-state index in [-0.39, 0.29) is 18.2 Å². The van der Waals surface area contributed by atoms with Crippen LogP contribution in [0.5, 0.6) is 0 Å². The lowest BCUT2D eigenvalue weighted by atomic mass is 9.76. The predicted octanol–water partition coefficient (Wildman–Crippen LogP) is -0.666. The number of aliphatic hydroxyl groups excluding tert-OH is 2. The first-order valence-electron chi connectivity index (χ1n) is 5.39. The number of aliphatic hydroxyl groups is 2. The van der Waals surface area contributed by atoms with Gasteiger partial charge >= 0.3 is 0 Å². The molecule has 1 heterocycles. The Labute approximate surface area is 77.1 Å². The lowest BCUT2D eigenvalue weighted by Crippen LogP contribution is -2.58. The Hall–Kier alpha value is -0.120. The Kier molecular flexibility index (Phi) is 1.08. The van der Waals surface area contributed by atoms with Gasteiger partial charge in [0, 0.05) is 12.1 Å². The highest BCUT2D eigenvalue weighted by atomic mass is 16.3. The molecule has 3 N–H and O–H groups in total. The van der Waals surface area contributed by atoms with Gasteiger partial charge in [0.1, 0.15) is 0 Å². The minimum atomic E-state index is -0.122. The second-order valence-corrected chi connectivity index (χ2v) is 5.32. The maximum absolute atomic E-state index is 9.97. The van der Waals surface area contributed by atoms with Crippen molar-refractivity contribution < 1.29 is 10.2 Å². The van der Waals surface area contributed by atoms with Crippen molar-refractivity contribution in [1.29, 1.82) is 0 Å². The molecule has 4 fully saturated rings. The molecule has 0 aromatic heterocycles. The van der Waals surface area contributed by atoms with E-state index in [9.17, 15) is 10.2 Å². The maximum atomic E-state index is 9.97. The highest BCUT2D eigenvalue weighted by Gasteiger charge is 2.67. The van der Waals surface area contributed by atoms with Gasteiger partial charge in [0.05, 0.1) is 12.2 Å². The summed E-state index contributed by atoms with van der Waals surface area (Å²) in [6, 6.07) is 0.596. The molecule has 3 saturated carbocycles. The maximum Gasteiger partial charge on any atom is 0.0727 e. The van der Waals surface area contributed by atoms with Crippen molar-refractivity contribution in [3.05, 3.63) is 0 Å². The van der Waals surface area contributed by atoms with Gasteiger partial charge in [-0.25, -0.2) is 0 Å². The number of nitrogens with one attached hydrogen (secondary N) is 1. The summed E-state index contributed by atoms with van der Waals surface area (Å²) in [4.78, 5) is 0. The first kappa shape index (κ1) is 7.21. The molecule has 0 radical (unpaired) electrons. The van der Waals surface area contributed by atoms with Gasteiger partial charge in [-0.15, -0.1) is 0 Å². The summed E-state index contributed by atoms with van der Waals surface area (Å²) in [6.45, 7) is 0. The first-order valence-corrected chi connectivity index (χ1v) is 5.39. The number of hydrogen-bond acceptors (Lipinski definition) is 3. The number of rotatable bonds is 0. The normalized spacial score (nSPS) is 72.5. The van der Waals surface area contributed by atoms with E-state index in [0.717, 1.165) is 12.8 Å². The molecule has 0 unspecified atom stereocenters. The third kappa shape index (κ3) is 0.602. The van der Waals surface area contributed by atoms with Crippen LogP contribution in [0.15, 0.2) is 0 Å². The van der Waals surface area contributed by atoms with Crippen LogP contribution >= 0.6 is 0 Å². The van der Waals surface area contributed by atoms with Crippen molar-refractivity contribution in [3.63, 3.8) is 0 Å². The molecule has 3 heteroatoms. The van der Waals surface area contributed by atoms with Crippen LogP contribution in [0.25, 0.3) is 0 Å². The van der Waals surface area contributed by atoms with Crippen molar-refractivity contribution in [3.8, 4) is 0 Å². The summed E-state index contributed by atoms with van der Waals surface area (Å²) >= 11 is 0. The highest BCUT2D eigenvalue weighted by molar-refractivity contribution is 5.20. The third-order valence-electron chi connectivity index (χ3n) is 5.09. The standard InChI is InChI=1S/C10H15NO2/c12-9-4-1-5-7-3(4)2-6(10(7)13)11-8(5)9/h3-13H,1-2H2/t3-,4+,5-,6+,7-,8-,9-,10+/m0/s1. The van der Waals surface area contributed by atoms with Crippen LogP contribution in [0, 0.1) is 23.7 Å². The summed E-state index contributed by atoms with van der Waals surface area (Å²) in [5.74, 6) is 2.20. The molecule has 1 saturated heterocycles. The molecule has 0 amide bonds. The molecule has 13 heavy (non-hydrogen) atoms. The van der Waals surface area contributed by atoms with Crippen LogP contribution in [0.1, 0.15) is 12.8 Å². The van der Waals surface area contributed by atoms with Crippen LogP contribution in [0.4, 0.5) is 0 Å². The highest BCUT2D eigenvalue weighted by Crippen LogP contribution is 2.61. The first-order chi connectivity index (χ1) is 6.27. The zero-order valence-corrected chi connectivity index (χ0v) is 7.43. The van der Waals surface area contributed by atoms with E-state index in [1.807, 2.05) is 0 Å². The van der Waals surface area contributed by atoms with Crippen molar-refractivity contribution in [2.75, 3.05) is 0 Å². The van der Waals surface area contributed by atoms with E-state index in [2.05, 4.69) is 5.32 Å². The Bertz CT molecular complexity index is 262. The number of fused-ring (bicyclic) bond motifs is 3. The molecule has 8 atom stereocenters. The molecule has 3 aliphatic carbocycles. The van der Waals surface area contributed by atoms with E-state index >= 15 is 0 Å². The monoisotopic (exact) mass is 181 g/mol. The van der Waals surface area contributed by atoms with E-state index in [1.54, 1.807) is 0 Å². The fraction of sp³-hybridized carbons (Fsp3) is 1.00.